The standard InChI is InChI=1S/C14H17NO3/c1-9(2)11(16)8-15-14(17)13-7-10-5-3-4-6-12(10)18-13/h3-6,9,13H,7-8H2,1-2H3,(H,15,17). The first kappa shape index (κ1) is 12.6. The minimum absolute atomic E-state index is 0.0267. The number of carbonyl (C=O) groups is 2. The zero-order chi connectivity index (χ0) is 13.1. The maximum absolute atomic E-state index is 11.9. The lowest BCUT2D eigenvalue weighted by molar-refractivity contribution is -0.130. The Labute approximate surface area is 106 Å². The number of fused-ring (bicyclic) bond motifs is 1. The Morgan fingerprint density at radius 2 is 2.11 bits per heavy atom. The molecule has 1 aromatic rings. The predicted molar refractivity (Wildman–Crippen MR) is 67.4 cm³/mol. The second-order valence-electron chi connectivity index (χ2n) is 4.76. The van der Waals surface area contributed by atoms with Crippen LogP contribution in [0.3, 0.4) is 0 Å². The Bertz CT molecular complexity index is 443. The highest BCUT2D eigenvalue weighted by molar-refractivity contribution is 5.89. The van der Waals surface area contributed by atoms with Gasteiger partial charge in [0.1, 0.15) is 5.75 Å². The normalized spacial score (nSPS) is 17.2. The number of Topliss-reactive ketones (excluding diaryl/α,β-unsaturated/α-hetero) is 1. The molecule has 1 aliphatic heterocycles. The summed E-state index contributed by atoms with van der Waals surface area (Å²) >= 11 is 0. The summed E-state index contributed by atoms with van der Waals surface area (Å²) in [6, 6.07) is 7.59. The molecule has 96 valence electrons. The summed E-state index contributed by atoms with van der Waals surface area (Å²) in [7, 11) is 0. The van der Waals surface area contributed by atoms with Crippen LogP contribution in [0.5, 0.6) is 5.75 Å². The first-order valence-corrected chi connectivity index (χ1v) is 6.13. The van der Waals surface area contributed by atoms with Crippen LogP contribution in [0, 0.1) is 5.92 Å². The minimum atomic E-state index is -0.512. The molecule has 4 heteroatoms. The molecule has 1 aromatic carbocycles. The molecule has 0 saturated heterocycles. The Morgan fingerprint density at radius 1 is 1.39 bits per heavy atom. The van der Waals surface area contributed by atoms with Crippen LogP contribution in [0.25, 0.3) is 0 Å². The first-order chi connectivity index (χ1) is 8.58. The maximum Gasteiger partial charge on any atom is 0.261 e. The Hall–Kier alpha value is -1.84. The van der Waals surface area contributed by atoms with E-state index in [9.17, 15) is 9.59 Å². The summed E-state index contributed by atoms with van der Waals surface area (Å²) in [4.78, 5) is 23.3. The van der Waals surface area contributed by atoms with E-state index >= 15 is 0 Å². The van der Waals surface area contributed by atoms with Crippen molar-refractivity contribution in [2.75, 3.05) is 6.54 Å². The van der Waals surface area contributed by atoms with Crippen molar-refractivity contribution >= 4 is 11.7 Å². The molecule has 0 spiro atoms. The van der Waals surface area contributed by atoms with Crippen LogP contribution in [0.1, 0.15) is 19.4 Å². The number of hydrogen-bond acceptors (Lipinski definition) is 3. The molecule has 18 heavy (non-hydrogen) atoms. The highest BCUT2D eigenvalue weighted by atomic mass is 16.5. The van der Waals surface area contributed by atoms with Gasteiger partial charge < -0.3 is 10.1 Å². The van der Waals surface area contributed by atoms with Gasteiger partial charge in [-0.15, -0.1) is 0 Å². The highest BCUT2D eigenvalue weighted by Crippen LogP contribution is 2.27. The maximum atomic E-state index is 11.9. The molecule has 1 atom stereocenters. The fraction of sp³-hybridized carbons (Fsp3) is 0.429. The first-order valence-electron chi connectivity index (χ1n) is 6.13. The van der Waals surface area contributed by atoms with Crippen LogP contribution in [0.4, 0.5) is 0 Å². The second-order valence-corrected chi connectivity index (χ2v) is 4.76. The average Bonchev–Trinajstić information content (AvgIpc) is 2.79. The second kappa shape index (κ2) is 5.21. The van der Waals surface area contributed by atoms with Crippen molar-refractivity contribution in [1.29, 1.82) is 0 Å². The van der Waals surface area contributed by atoms with Gasteiger partial charge in [0, 0.05) is 12.3 Å². The van der Waals surface area contributed by atoms with Gasteiger partial charge in [-0.25, -0.2) is 0 Å². The number of benzene rings is 1. The van der Waals surface area contributed by atoms with Gasteiger partial charge >= 0.3 is 0 Å². The fourth-order valence-electron chi connectivity index (χ4n) is 1.82. The summed E-state index contributed by atoms with van der Waals surface area (Å²) < 4.78 is 5.54. The van der Waals surface area contributed by atoms with Gasteiger partial charge in [-0.2, -0.15) is 0 Å². The monoisotopic (exact) mass is 247 g/mol. The van der Waals surface area contributed by atoms with Gasteiger partial charge in [-0.1, -0.05) is 32.0 Å². The minimum Gasteiger partial charge on any atom is -0.480 e. The smallest absolute Gasteiger partial charge is 0.261 e. The van der Waals surface area contributed by atoms with Crippen LogP contribution in [-0.2, 0) is 16.0 Å². The third-order valence-electron chi connectivity index (χ3n) is 3.02. The van der Waals surface area contributed by atoms with Crippen molar-refractivity contribution in [1.82, 2.24) is 5.32 Å². The molecule has 1 amide bonds. The summed E-state index contributed by atoms with van der Waals surface area (Å²) in [5, 5.41) is 2.63. The van der Waals surface area contributed by atoms with Crippen LogP contribution >= 0.6 is 0 Å². The molecule has 2 rings (SSSR count). The van der Waals surface area contributed by atoms with Gasteiger partial charge in [0.15, 0.2) is 11.9 Å². The summed E-state index contributed by atoms with van der Waals surface area (Å²) in [5.41, 5.74) is 1.04. The number of rotatable bonds is 4. The number of para-hydroxylation sites is 1. The van der Waals surface area contributed by atoms with Gasteiger partial charge in [0.2, 0.25) is 0 Å². The van der Waals surface area contributed by atoms with E-state index in [0.717, 1.165) is 11.3 Å². The Balaban J connectivity index is 1.88. The van der Waals surface area contributed by atoms with Crippen molar-refractivity contribution in [2.24, 2.45) is 5.92 Å². The van der Waals surface area contributed by atoms with Crippen molar-refractivity contribution in [3.8, 4) is 5.75 Å². The third-order valence-corrected chi connectivity index (χ3v) is 3.02. The Kier molecular flexibility index (Phi) is 3.65. The van der Waals surface area contributed by atoms with Gasteiger partial charge in [0.05, 0.1) is 6.54 Å². The number of carbonyl (C=O) groups excluding carboxylic acids is 2. The van der Waals surface area contributed by atoms with Crippen LogP contribution in [-0.4, -0.2) is 24.3 Å². The van der Waals surface area contributed by atoms with E-state index in [1.165, 1.54) is 0 Å². The van der Waals surface area contributed by atoms with E-state index in [1.54, 1.807) is 0 Å². The molecule has 1 heterocycles. The highest BCUT2D eigenvalue weighted by Gasteiger charge is 2.28. The zero-order valence-electron chi connectivity index (χ0n) is 10.6. The molecular weight excluding hydrogens is 230 g/mol. The van der Waals surface area contributed by atoms with E-state index in [-0.39, 0.29) is 24.2 Å². The number of amides is 1. The van der Waals surface area contributed by atoms with E-state index in [2.05, 4.69) is 5.32 Å². The molecule has 0 saturated carbocycles. The molecule has 1 N–H and O–H groups in total. The summed E-state index contributed by atoms with van der Waals surface area (Å²) in [6.07, 6.45) is 0.0556. The lowest BCUT2D eigenvalue weighted by Crippen LogP contribution is -2.40. The fourth-order valence-corrected chi connectivity index (χ4v) is 1.82. The van der Waals surface area contributed by atoms with E-state index in [0.29, 0.717) is 6.42 Å². The van der Waals surface area contributed by atoms with E-state index in [4.69, 9.17) is 4.74 Å². The molecule has 0 aliphatic carbocycles. The molecule has 0 bridgehead atoms. The molecule has 4 nitrogen and oxygen atoms in total. The molecule has 0 fully saturated rings. The van der Waals surface area contributed by atoms with Crippen LogP contribution in [0.15, 0.2) is 24.3 Å². The van der Waals surface area contributed by atoms with E-state index in [1.807, 2.05) is 38.1 Å². The number of ether oxygens (including phenoxy) is 1. The number of ketones is 1. The van der Waals surface area contributed by atoms with E-state index < -0.39 is 6.10 Å². The van der Waals surface area contributed by atoms with Gasteiger partial charge in [0.25, 0.3) is 5.91 Å². The average molecular weight is 247 g/mol. The molecule has 0 radical (unpaired) electrons. The zero-order valence-corrected chi connectivity index (χ0v) is 10.6. The van der Waals surface area contributed by atoms with Crippen molar-refractivity contribution in [3.63, 3.8) is 0 Å². The molecule has 1 unspecified atom stereocenters. The van der Waals surface area contributed by atoms with Crippen molar-refractivity contribution in [2.45, 2.75) is 26.4 Å². The number of hydrogen-bond donors (Lipinski definition) is 1. The molecule has 0 aromatic heterocycles. The topological polar surface area (TPSA) is 55.4 Å². The van der Waals surface area contributed by atoms with Gasteiger partial charge in [-0.3, -0.25) is 9.59 Å². The molecular formula is C14H17NO3. The van der Waals surface area contributed by atoms with Gasteiger partial charge in [-0.05, 0) is 11.6 Å². The van der Waals surface area contributed by atoms with Crippen LogP contribution < -0.4 is 10.1 Å². The lowest BCUT2D eigenvalue weighted by Gasteiger charge is -2.11. The van der Waals surface area contributed by atoms with Crippen molar-refractivity contribution < 1.29 is 14.3 Å². The number of nitrogens with one attached hydrogen (secondary N) is 1. The Morgan fingerprint density at radius 3 is 2.78 bits per heavy atom. The lowest BCUT2D eigenvalue weighted by atomic mass is 10.1. The SMILES string of the molecule is CC(C)C(=O)CNC(=O)C1Cc2ccccc2O1. The summed E-state index contributed by atoms with van der Waals surface area (Å²) in [6.45, 7) is 3.71. The molecule has 1 aliphatic rings. The predicted octanol–water partition coefficient (Wildman–Crippen LogP) is 1.33. The quantitative estimate of drug-likeness (QED) is 0.873. The van der Waals surface area contributed by atoms with Crippen molar-refractivity contribution in [3.05, 3.63) is 29.8 Å². The summed E-state index contributed by atoms with van der Waals surface area (Å²) in [5.74, 6) is 0.499. The van der Waals surface area contributed by atoms with Crippen LogP contribution in [0.2, 0.25) is 0 Å². The third kappa shape index (κ3) is 2.70. The largest absolute Gasteiger partial charge is 0.480 e.